The number of hydrogen-bond acceptors (Lipinski definition) is 4. The first-order chi connectivity index (χ1) is 8.06. The number of hydrogen-bond donors (Lipinski definition) is 1. The molecule has 0 fully saturated rings. The Morgan fingerprint density at radius 1 is 1.53 bits per heavy atom. The third kappa shape index (κ3) is 2.95. The minimum Gasteiger partial charge on any atom is -0.349 e. The smallest absolute Gasteiger partial charge is 0.243 e. The summed E-state index contributed by atoms with van der Waals surface area (Å²) in [6.07, 6.45) is 1.88. The normalized spacial score (nSPS) is 13.2. The number of nitrogens with one attached hydrogen (secondary N) is 1. The molecule has 1 N–H and O–H groups in total. The molecule has 0 saturated carbocycles. The molecule has 0 bridgehead atoms. The summed E-state index contributed by atoms with van der Waals surface area (Å²) < 4.78 is 2.70. The van der Waals surface area contributed by atoms with E-state index in [1.165, 1.54) is 0 Å². The van der Waals surface area contributed by atoms with Gasteiger partial charge in [-0.05, 0) is 49.1 Å². The fourth-order valence-corrected chi connectivity index (χ4v) is 2.17. The van der Waals surface area contributed by atoms with E-state index in [1.807, 2.05) is 32.4 Å². The van der Waals surface area contributed by atoms with Gasteiger partial charge in [-0.3, -0.25) is 0 Å². The molecule has 92 valence electrons. The lowest BCUT2D eigenvalue weighted by atomic mass is 10.3. The Balaban J connectivity index is 2.17. The standard InChI is InChI=1S/C11H16BrN5/c1-8(7-16(2)3)13-11-14-10-9(12)5-4-6-17(10)15-11/h4-6,8H,7H2,1-3H3,(H,13,15). The predicted octanol–water partition coefficient (Wildman–Crippen LogP) is 1.85. The molecule has 0 aliphatic carbocycles. The Hall–Kier alpha value is -1.14. The molecule has 0 aromatic carbocycles. The van der Waals surface area contributed by atoms with Gasteiger partial charge < -0.3 is 10.2 Å². The van der Waals surface area contributed by atoms with Crippen LogP contribution in [0.5, 0.6) is 0 Å². The van der Waals surface area contributed by atoms with Gasteiger partial charge in [0.05, 0.1) is 4.47 Å². The van der Waals surface area contributed by atoms with Crippen LogP contribution in [0.15, 0.2) is 22.8 Å². The third-order valence-electron chi connectivity index (χ3n) is 2.33. The quantitative estimate of drug-likeness (QED) is 0.936. The first-order valence-corrected chi connectivity index (χ1v) is 6.27. The Labute approximate surface area is 109 Å². The van der Waals surface area contributed by atoms with E-state index in [0.717, 1.165) is 16.7 Å². The summed E-state index contributed by atoms with van der Waals surface area (Å²) in [5, 5.41) is 7.65. The van der Waals surface area contributed by atoms with Gasteiger partial charge in [-0.15, -0.1) is 5.10 Å². The molecular weight excluding hydrogens is 282 g/mol. The molecule has 1 atom stereocenters. The summed E-state index contributed by atoms with van der Waals surface area (Å²) in [6, 6.07) is 4.19. The fraction of sp³-hybridized carbons (Fsp3) is 0.455. The zero-order valence-corrected chi connectivity index (χ0v) is 11.8. The van der Waals surface area contributed by atoms with E-state index in [2.05, 4.69) is 43.2 Å². The van der Waals surface area contributed by atoms with Gasteiger partial charge in [0, 0.05) is 18.8 Å². The molecule has 0 aliphatic heterocycles. The summed E-state index contributed by atoms with van der Waals surface area (Å²) in [5.74, 6) is 0.659. The Morgan fingerprint density at radius 3 is 2.94 bits per heavy atom. The Bertz CT molecular complexity index is 508. The first-order valence-electron chi connectivity index (χ1n) is 5.48. The van der Waals surface area contributed by atoms with Crippen molar-refractivity contribution in [2.24, 2.45) is 0 Å². The maximum absolute atomic E-state index is 4.43. The number of aromatic nitrogens is 3. The van der Waals surface area contributed by atoms with Crippen molar-refractivity contribution in [3.05, 3.63) is 22.8 Å². The van der Waals surface area contributed by atoms with Gasteiger partial charge >= 0.3 is 0 Å². The molecule has 0 radical (unpaired) electrons. The fourth-order valence-electron chi connectivity index (χ4n) is 1.75. The van der Waals surface area contributed by atoms with Crippen LogP contribution in [-0.2, 0) is 0 Å². The monoisotopic (exact) mass is 297 g/mol. The second-order valence-electron chi connectivity index (χ2n) is 4.37. The number of fused-ring (bicyclic) bond motifs is 1. The highest BCUT2D eigenvalue weighted by Crippen LogP contribution is 2.16. The maximum atomic E-state index is 4.43. The average Bonchev–Trinajstić information content (AvgIpc) is 2.60. The lowest BCUT2D eigenvalue weighted by Crippen LogP contribution is -2.30. The van der Waals surface area contributed by atoms with Crippen molar-refractivity contribution in [2.45, 2.75) is 13.0 Å². The zero-order valence-electron chi connectivity index (χ0n) is 10.2. The molecule has 1 unspecified atom stereocenters. The Kier molecular flexibility index (Phi) is 3.63. The van der Waals surface area contributed by atoms with E-state index in [-0.39, 0.29) is 0 Å². The van der Waals surface area contributed by atoms with Crippen LogP contribution in [0.25, 0.3) is 5.65 Å². The van der Waals surface area contributed by atoms with Crippen molar-refractivity contribution >= 4 is 27.5 Å². The molecule has 6 heteroatoms. The van der Waals surface area contributed by atoms with Gasteiger partial charge in [0.15, 0.2) is 5.65 Å². The van der Waals surface area contributed by atoms with Crippen molar-refractivity contribution < 1.29 is 0 Å². The van der Waals surface area contributed by atoms with Crippen molar-refractivity contribution in [3.8, 4) is 0 Å². The topological polar surface area (TPSA) is 45.5 Å². The molecule has 2 aromatic rings. The van der Waals surface area contributed by atoms with Crippen LogP contribution in [0.3, 0.4) is 0 Å². The predicted molar refractivity (Wildman–Crippen MR) is 72.3 cm³/mol. The largest absolute Gasteiger partial charge is 0.349 e. The summed E-state index contributed by atoms with van der Waals surface area (Å²) in [6.45, 7) is 3.05. The van der Waals surface area contributed by atoms with Crippen LogP contribution in [0.1, 0.15) is 6.92 Å². The van der Waals surface area contributed by atoms with Crippen molar-refractivity contribution in [1.29, 1.82) is 0 Å². The van der Waals surface area contributed by atoms with Crippen LogP contribution in [-0.4, -0.2) is 46.2 Å². The summed E-state index contributed by atoms with van der Waals surface area (Å²) >= 11 is 3.46. The molecule has 2 rings (SSSR count). The average molecular weight is 298 g/mol. The van der Waals surface area contributed by atoms with Crippen molar-refractivity contribution in [3.63, 3.8) is 0 Å². The number of halogens is 1. The lowest BCUT2D eigenvalue weighted by Gasteiger charge is -2.16. The number of anilines is 1. The van der Waals surface area contributed by atoms with Crippen molar-refractivity contribution in [1.82, 2.24) is 19.5 Å². The van der Waals surface area contributed by atoms with Crippen LogP contribution >= 0.6 is 15.9 Å². The second-order valence-corrected chi connectivity index (χ2v) is 5.22. The molecule has 17 heavy (non-hydrogen) atoms. The van der Waals surface area contributed by atoms with Gasteiger partial charge in [-0.2, -0.15) is 4.98 Å². The number of nitrogens with zero attached hydrogens (tertiary/aromatic N) is 4. The molecule has 0 saturated heterocycles. The molecule has 0 spiro atoms. The number of pyridine rings is 1. The molecular formula is C11H16BrN5. The van der Waals surface area contributed by atoms with Crippen LogP contribution < -0.4 is 5.32 Å². The van der Waals surface area contributed by atoms with E-state index in [4.69, 9.17) is 0 Å². The summed E-state index contributed by atoms with van der Waals surface area (Å²) in [7, 11) is 4.09. The lowest BCUT2D eigenvalue weighted by molar-refractivity contribution is 0.391. The van der Waals surface area contributed by atoms with Gasteiger partial charge in [0.2, 0.25) is 5.95 Å². The molecule has 0 amide bonds. The summed E-state index contributed by atoms with van der Waals surface area (Å²) in [5.41, 5.74) is 0.826. The van der Waals surface area contributed by atoms with E-state index in [1.54, 1.807) is 4.52 Å². The first kappa shape index (κ1) is 12.3. The second kappa shape index (κ2) is 5.01. The summed E-state index contributed by atoms with van der Waals surface area (Å²) in [4.78, 5) is 6.56. The molecule has 0 aliphatic rings. The highest BCUT2D eigenvalue weighted by atomic mass is 79.9. The highest BCUT2D eigenvalue weighted by Gasteiger charge is 2.09. The number of likely N-dealkylation sites (N-methyl/N-ethyl adjacent to an activating group) is 1. The van der Waals surface area contributed by atoms with Gasteiger partial charge in [-0.1, -0.05) is 0 Å². The van der Waals surface area contributed by atoms with Crippen LogP contribution in [0.4, 0.5) is 5.95 Å². The van der Waals surface area contributed by atoms with E-state index in [0.29, 0.717) is 12.0 Å². The van der Waals surface area contributed by atoms with Gasteiger partial charge in [0.25, 0.3) is 0 Å². The minimum absolute atomic E-state index is 0.307. The zero-order chi connectivity index (χ0) is 12.4. The highest BCUT2D eigenvalue weighted by molar-refractivity contribution is 9.10. The molecule has 2 heterocycles. The van der Waals surface area contributed by atoms with Crippen LogP contribution in [0, 0.1) is 0 Å². The third-order valence-corrected chi connectivity index (χ3v) is 2.95. The number of rotatable bonds is 4. The molecule has 5 nitrogen and oxygen atoms in total. The minimum atomic E-state index is 0.307. The SMILES string of the molecule is CC(CN(C)C)Nc1nc2c(Br)cccn2n1. The van der Waals surface area contributed by atoms with Gasteiger partial charge in [-0.25, -0.2) is 4.52 Å². The van der Waals surface area contributed by atoms with Crippen molar-refractivity contribution in [2.75, 3.05) is 26.0 Å². The Morgan fingerprint density at radius 2 is 2.29 bits per heavy atom. The van der Waals surface area contributed by atoms with Gasteiger partial charge in [0.1, 0.15) is 0 Å². The maximum Gasteiger partial charge on any atom is 0.243 e. The molecule has 2 aromatic heterocycles. The van der Waals surface area contributed by atoms with Crippen LogP contribution in [0.2, 0.25) is 0 Å². The van der Waals surface area contributed by atoms with E-state index >= 15 is 0 Å². The van der Waals surface area contributed by atoms with E-state index in [9.17, 15) is 0 Å². The van der Waals surface area contributed by atoms with E-state index < -0.39 is 0 Å².